The van der Waals surface area contributed by atoms with Crippen LogP contribution in [0.4, 0.5) is 0 Å². The van der Waals surface area contributed by atoms with E-state index in [4.69, 9.17) is 0 Å². The van der Waals surface area contributed by atoms with E-state index >= 15 is 0 Å². The average Bonchev–Trinajstić information content (AvgIpc) is 2.91. The minimum Gasteiger partial charge on any atom is -0.341 e. The van der Waals surface area contributed by atoms with Crippen LogP contribution >= 0.6 is 0 Å². The summed E-state index contributed by atoms with van der Waals surface area (Å²) >= 11 is 0. The summed E-state index contributed by atoms with van der Waals surface area (Å²) in [6, 6.07) is 10.3. The lowest BCUT2D eigenvalue weighted by Crippen LogP contribution is -2.39. The molecule has 0 atom stereocenters. The van der Waals surface area contributed by atoms with Crippen LogP contribution in [0.2, 0.25) is 0 Å². The maximum absolute atomic E-state index is 12.6. The Bertz CT molecular complexity index is 499. The Morgan fingerprint density at radius 1 is 0.962 bits per heavy atom. The predicted molar refractivity (Wildman–Crippen MR) is 109 cm³/mol. The molecule has 1 aromatic rings. The van der Waals surface area contributed by atoms with Crippen LogP contribution in [-0.4, -0.2) is 73.0 Å². The Balaban J connectivity index is 1.72. The Morgan fingerprint density at radius 2 is 1.69 bits per heavy atom. The standard InChI is InChI=1S/C22H37N3O/c1-3-13-23(14-4-2)17-18-24-15-8-16-25(20-19-24)22(26)12-11-21-9-6-5-7-10-21/h5-7,9-10H,3-4,8,11-20H2,1-2H3. The first kappa shape index (κ1) is 20.9. The monoisotopic (exact) mass is 359 g/mol. The number of carbonyl (C=O) groups is 1. The molecule has 1 aromatic carbocycles. The molecular weight excluding hydrogens is 322 g/mol. The van der Waals surface area contributed by atoms with Crippen LogP contribution in [0.3, 0.4) is 0 Å². The van der Waals surface area contributed by atoms with E-state index in [0.717, 1.165) is 52.1 Å². The fraction of sp³-hybridized carbons (Fsp3) is 0.682. The molecule has 0 bridgehead atoms. The molecule has 146 valence electrons. The van der Waals surface area contributed by atoms with Crippen LogP contribution in [-0.2, 0) is 11.2 Å². The first-order chi connectivity index (χ1) is 12.7. The van der Waals surface area contributed by atoms with Crippen LogP contribution in [0.5, 0.6) is 0 Å². The van der Waals surface area contributed by atoms with Crippen molar-refractivity contribution in [1.29, 1.82) is 0 Å². The second-order valence-corrected chi connectivity index (χ2v) is 7.40. The van der Waals surface area contributed by atoms with Crippen molar-refractivity contribution in [1.82, 2.24) is 14.7 Å². The van der Waals surface area contributed by atoms with Crippen molar-refractivity contribution in [3.8, 4) is 0 Å². The van der Waals surface area contributed by atoms with Gasteiger partial charge in [-0.3, -0.25) is 4.79 Å². The van der Waals surface area contributed by atoms with E-state index in [1.807, 2.05) is 18.2 Å². The normalized spacial score (nSPS) is 16.0. The Kier molecular flexibility index (Phi) is 9.72. The molecule has 0 N–H and O–H groups in total. The summed E-state index contributed by atoms with van der Waals surface area (Å²) in [5, 5.41) is 0. The molecule has 0 radical (unpaired) electrons. The van der Waals surface area contributed by atoms with Crippen molar-refractivity contribution >= 4 is 5.91 Å². The SMILES string of the molecule is CCCN(CCC)CCN1CCCN(C(=O)CCc2ccccc2)CC1. The van der Waals surface area contributed by atoms with Gasteiger partial charge in [-0.15, -0.1) is 0 Å². The number of hydrogen-bond donors (Lipinski definition) is 0. The highest BCUT2D eigenvalue weighted by molar-refractivity contribution is 5.76. The maximum atomic E-state index is 12.6. The minimum absolute atomic E-state index is 0.314. The van der Waals surface area contributed by atoms with E-state index < -0.39 is 0 Å². The lowest BCUT2D eigenvalue weighted by atomic mass is 10.1. The van der Waals surface area contributed by atoms with E-state index in [-0.39, 0.29) is 0 Å². The number of rotatable bonds is 10. The quantitative estimate of drug-likeness (QED) is 0.641. The Morgan fingerprint density at radius 3 is 2.38 bits per heavy atom. The zero-order valence-corrected chi connectivity index (χ0v) is 16.8. The molecular formula is C22H37N3O. The van der Waals surface area contributed by atoms with Crippen molar-refractivity contribution in [2.24, 2.45) is 0 Å². The van der Waals surface area contributed by atoms with Crippen molar-refractivity contribution in [2.45, 2.75) is 46.0 Å². The van der Waals surface area contributed by atoms with Crippen molar-refractivity contribution < 1.29 is 4.79 Å². The predicted octanol–water partition coefficient (Wildman–Crippen LogP) is 3.28. The van der Waals surface area contributed by atoms with Gasteiger partial charge in [0.05, 0.1) is 0 Å². The molecule has 1 heterocycles. The summed E-state index contributed by atoms with van der Waals surface area (Å²) < 4.78 is 0. The lowest BCUT2D eigenvalue weighted by molar-refractivity contribution is -0.131. The number of amides is 1. The lowest BCUT2D eigenvalue weighted by Gasteiger charge is -2.26. The zero-order valence-electron chi connectivity index (χ0n) is 16.8. The van der Waals surface area contributed by atoms with Gasteiger partial charge >= 0.3 is 0 Å². The van der Waals surface area contributed by atoms with Gasteiger partial charge in [0.2, 0.25) is 5.91 Å². The third-order valence-corrected chi connectivity index (χ3v) is 5.22. The van der Waals surface area contributed by atoms with Gasteiger partial charge in [0.25, 0.3) is 0 Å². The second kappa shape index (κ2) is 12.1. The van der Waals surface area contributed by atoms with Gasteiger partial charge in [0.1, 0.15) is 0 Å². The highest BCUT2D eigenvalue weighted by Gasteiger charge is 2.19. The number of benzene rings is 1. The molecule has 26 heavy (non-hydrogen) atoms. The minimum atomic E-state index is 0.314. The number of aryl methyl sites for hydroxylation is 1. The van der Waals surface area contributed by atoms with Crippen LogP contribution in [0.25, 0.3) is 0 Å². The van der Waals surface area contributed by atoms with E-state index in [2.05, 4.69) is 40.7 Å². The van der Waals surface area contributed by atoms with Gasteiger partial charge in [0, 0.05) is 39.1 Å². The summed E-state index contributed by atoms with van der Waals surface area (Å²) in [4.78, 5) is 19.8. The topological polar surface area (TPSA) is 26.8 Å². The molecule has 0 unspecified atom stereocenters. The molecule has 0 aliphatic carbocycles. The zero-order chi connectivity index (χ0) is 18.6. The van der Waals surface area contributed by atoms with Crippen LogP contribution < -0.4 is 0 Å². The molecule has 1 aliphatic heterocycles. The van der Waals surface area contributed by atoms with Gasteiger partial charge in [-0.2, -0.15) is 0 Å². The van der Waals surface area contributed by atoms with Crippen LogP contribution in [0.15, 0.2) is 30.3 Å². The summed E-state index contributed by atoms with van der Waals surface area (Å²) in [5.41, 5.74) is 1.25. The smallest absolute Gasteiger partial charge is 0.222 e. The molecule has 1 fully saturated rings. The van der Waals surface area contributed by atoms with E-state index in [9.17, 15) is 4.79 Å². The first-order valence-corrected chi connectivity index (χ1v) is 10.5. The molecule has 4 nitrogen and oxygen atoms in total. The molecule has 4 heteroatoms. The molecule has 1 amide bonds. The number of carbonyl (C=O) groups excluding carboxylic acids is 1. The molecule has 0 aromatic heterocycles. The highest BCUT2D eigenvalue weighted by atomic mass is 16.2. The van der Waals surface area contributed by atoms with Gasteiger partial charge in [-0.05, 0) is 50.9 Å². The summed E-state index contributed by atoms with van der Waals surface area (Å²) in [7, 11) is 0. The Hall–Kier alpha value is -1.39. The van der Waals surface area contributed by atoms with Crippen LogP contribution in [0.1, 0.15) is 45.1 Å². The van der Waals surface area contributed by atoms with Gasteiger partial charge in [0.15, 0.2) is 0 Å². The van der Waals surface area contributed by atoms with Gasteiger partial charge < -0.3 is 14.7 Å². The van der Waals surface area contributed by atoms with E-state index in [0.29, 0.717) is 12.3 Å². The maximum Gasteiger partial charge on any atom is 0.222 e. The molecule has 2 rings (SSSR count). The Labute approximate surface area is 160 Å². The van der Waals surface area contributed by atoms with Crippen molar-refractivity contribution in [3.05, 3.63) is 35.9 Å². The van der Waals surface area contributed by atoms with Gasteiger partial charge in [-0.25, -0.2) is 0 Å². The van der Waals surface area contributed by atoms with Crippen LogP contribution in [0, 0.1) is 0 Å². The molecule has 1 saturated heterocycles. The fourth-order valence-electron chi connectivity index (χ4n) is 3.75. The second-order valence-electron chi connectivity index (χ2n) is 7.40. The molecule has 0 spiro atoms. The fourth-order valence-corrected chi connectivity index (χ4v) is 3.75. The summed E-state index contributed by atoms with van der Waals surface area (Å²) in [6.07, 6.45) is 5.03. The number of hydrogen-bond acceptors (Lipinski definition) is 3. The first-order valence-electron chi connectivity index (χ1n) is 10.5. The van der Waals surface area contributed by atoms with Crippen molar-refractivity contribution in [3.63, 3.8) is 0 Å². The van der Waals surface area contributed by atoms with Gasteiger partial charge in [-0.1, -0.05) is 44.2 Å². The van der Waals surface area contributed by atoms with E-state index in [1.165, 1.54) is 31.5 Å². The molecule has 0 saturated carbocycles. The third-order valence-electron chi connectivity index (χ3n) is 5.22. The summed E-state index contributed by atoms with van der Waals surface area (Å²) in [5.74, 6) is 0.314. The third kappa shape index (κ3) is 7.46. The average molecular weight is 360 g/mol. The largest absolute Gasteiger partial charge is 0.341 e. The number of nitrogens with zero attached hydrogens (tertiary/aromatic N) is 3. The summed E-state index contributed by atoms with van der Waals surface area (Å²) in [6.45, 7) is 13.1. The van der Waals surface area contributed by atoms with Crippen molar-refractivity contribution in [2.75, 3.05) is 52.4 Å². The van der Waals surface area contributed by atoms with E-state index in [1.54, 1.807) is 0 Å². The molecule has 1 aliphatic rings. The highest BCUT2D eigenvalue weighted by Crippen LogP contribution is 2.09.